The van der Waals surface area contributed by atoms with Crippen LogP contribution in [0.4, 0.5) is 11.4 Å². The first kappa shape index (κ1) is 15.5. The Balaban J connectivity index is 2.21. The number of carbonyl (C=O) groups is 1. The Labute approximate surface area is 132 Å². The summed E-state index contributed by atoms with van der Waals surface area (Å²) in [6.45, 7) is 5.69. The molecule has 3 N–H and O–H groups in total. The van der Waals surface area contributed by atoms with E-state index in [1.54, 1.807) is 18.3 Å². The minimum Gasteiger partial charge on any atom is -0.399 e. The highest BCUT2D eigenvalue weighted by molar-refractivity contribution is 9.10. The minimum atomic E-state index is -0.658. The van der Waals surface area contributed by atoms with Gasteiger partial charge in [0, 0.05) is 5.69 Å². The van der Waals surface area contributed by atoms with Crippen molar-refractivity contribution in [2.24, 2.45) is 0 Å². The zero-order valence-corrected chi connectivity index (χ0v) is 13.9. The molecule has 5 heteroatoms. The van der Waals surface area contributed by atoms with Crippen molar-refractivity contribution in [2.75, 3.05) is 11.1 Å². The van der Waals surface area contributed by atoms with Crippen LogP contribution in [0.1, 0.15) is 25.0 Å². The average molecular weight is 348 g/mol. The summed E-state index contributed by atoms with van der Waals surface area (Å²) in [5.41, 5.74) is 8.28. The topological polar surface area (TPSA) is 68.0 Å². The quantitative estimate of drug-likeness (QED) is 0.657. The van der Waals surface area contributed by atoms with Gasteiger partial charge in [-0.2, -0.15) is 0 Å². The Morgan fingerprint density at radius 2 is 1.90 bits per heavy atom. The van der Waals surface area contributed by atoms with Gasteiger partial charge in [-0.05, 0) is 66.0 Å². The molecule has 0 aliphatic carbocycles. The zero-order valence-electron chi connectivity index (χ0n) is 12.3. The normalized spacial score (nSPS) is 11.2. The molecule has 1 aromatic carbocycles. The number of nitrogens with zero attached hydrogens (tertiary/aromatic N) is 1. The molecular weight excluding hydrogens is 330 g/mol. The number of benzene rings is 1. The van der Waals surface area contributed by atoms with E-state index in [2.05, 4.69) is 26.2 Å². The summed E-state index contributed by atoms with van der Waals surface area (Å²) in [4.78, 5) is 16.7. The van der Waals surface area contributed by atoms with Crippen LogP contribution in [0.5, 0.6) is 0 Å². The van der Waals surface area contributed by atoms with E-state index in [1.807, 2.05) is 39.0 Å². The molecule has 1 heterocycles. The van der Waals surface area contributed by atoms with E-state index in [4.69, 9.17) is 5.73 Å². The van der Waals surface area contributed by atoms with Gasteiger partial charge in [-0.25, -0.2) is 4.98 Å². The molecule has 0 saturated heterocycles. The molecule has 0 atom stereocenters. The summed E-state index contributed by atoms with van der Waals surface area (Å²) in [7, 11) is 0. The summed E-state index contributed by atoms with van der Waals surface area (Å²) in [5.74, 6) is -0.0872. The maximum absolute atomic E-state index is 12.5. The van der Waals surface area contributed by atoms with Gasteiger partial charge in [0.25, 0.3) is 0 Å². The van der Waals surface area contributed by atoms with E-state index >= 15 is 0 Å². The number of rotatable bonds is 3. The summed E-state index contributed by atoms with van der Waals surface area (Å²) in [6, 6.07) is 9.24. The van der Waals surface area contributed by atoms with Gasteiger partial charge in [0.1, 0.15) is 4.60 Å². The predicted molar refractivity (Wildman–Crippen MR) is 89.2 cm³/mol. The standard InChI is InChI=1S/C16H18BrN3O/c1-10-8-13(9-19-14(10)17)20-15(21)16(2,3)11-4-6-12(18)7-5-11/h4-9H,18H2,1-3H3,(H,20,21). The zero-order chi connectivity index (χ0) is 15.6. The van der Waals surface area contributed by atoms with Gasteiger partial charge in [-0.15, -0.1) is 0 Å². The molecule has 1 amide bonds. The fourth-order valence-corrected chi connectivity index (χ4v) is 2.16. The van der Waals surface area contributed by atoms with Crippen molar-refractivity contribution in [3.05, 3.63) is 52.3 Å². The number of carbonyl (C=O) groups excluding carboxylic acids is 1. The lowest BCUT2D eigenvalue weighted by Gasteiger charge is -2.24. The first-order chi connectivity index (χ1) is 9.80. The second-order valence-corrected chi connectivity index (χ2v) is 6.28. The van der Waals surface area contributed by atoms with Gasteiger partial charge in [0.15, 0.2) is 0 Å². The van der Waals surface area contributed by atoms with Crippen LogP contribution < -0.4 is 11.1 Å². The van der Waals surface area contributed by atoms with E-state index in [0.29, 0.717) is 11.4 Å². The first-order valence-corrected chi connectivity index (χ1v) is 7.39. The third-order valence-corrected chi connectivity index (χ3v) is 4.30. The van der Waals surface area contributed by atoms with Crippen LogP contribution in [-0.4, -0.2) is 10.9 Å². The highest BCUT2D eigenvalue weighted by Crippen LogP contribution is 2.26. The van der Waals surface area contributed by atoms with Gasteiger partial charge in [0.05, 0.1) is 17.3 Å². The van der Waals surface area contributed by atoms with Crippen LogP contribution in [0.15, 0.2) is 41.1 Å². The molecule has 0 aliphatic heterocycles. The molecule has 0 radical (unpaired) electrons. The van der Waals surface area contributed by atoms with Crippen LogP contribution in [0.25, 0.3) is 0 Å². The number of nitrogens with one attached hydrogen (secondary N) is 1. The summed E-state index contributed by atoms with van der Waals surface area (Å²) in [5, 5.41) is 2.91. The number of aromatic nitrogens is 1. The number of pyridine rings is 1. The molecule has 21 heavy (non-hydrogen) atoms. The molecule has 4 nitrogen and oxygen atoms in total. The number of anilines is 2. The van der Waals surface area contributed by atoms with Crippen molar-refractivity contribution in [1.82, 2.24) is 4.98 Å². The van der Waals surface area contributed by atoms with Gasteiger partial charge >= 0.3 is 0 Å². The van der Waals surface area contributed by atoms with Crippen LogP contribution in [0, 0.1) is 6.92 Å². The smallest absolute Gasteiger partial charge is 0.234 e. The number of nitrogen functional groups attached to an aromatic ring is 1. The van der Waals surface area contributed by atoms with Crippen molar-refractivity contribution in [3.8, 4) is 0 Å². The molecule has 0 bridgehead atoms. The lowest BCUT2D eigenvalue weighted by atomic mass is 9.83. The molecule has 110 valence electrons. The van der Waals surface area contributed by atoms with E-state index in [9.17, 15) is 4.79 Å². The molecular formula is C16H18BrN3O. The lowest BCUT2D eigenvalue weighted by molar-refractivity contribution is -0.120. The minimum absolute atomic E-state index is 0.0872. The Kier molecular flexibility index (Phi) is 4.32. The average Bonchev–Trinajstić information content (AvgIpc) is 2.43. The number of amides is 1. The van der Waals surface area contributed by atoms with E-state index < -0.39 is 5.41 Å². The third kappa shape index (κ3) is 3.42. The van der Waals surface area contributed by atoms with Crippen molar-refractivity contribution < 1.29 is 4.79 Å². The van der Waals surface area contributed by atoms with Crippen LogP contribution >= 0.6 is 15.9 Å². The molecule has 2 rings (SSSR count). The number of nitrogens with two attached hydrogens (primary N) is 1. The molecule has 0 fully saturated rings. The maximum Gasteiger partial charge on any atom is 0.234 e. The van der Waals surface area contributed by atoms with Crippen molar-refractivity contribution in [2.45, 2.75) is 26.2 Å². The van der Waals surface area contributed by atoms with Crippen LogP contribution in [-0.2, 0) is 10.2 Å². The van der Waals surface area contributed by atoms with Gasteiger partial charge < -0.3 is 11.1 Å². The summed E-state index contributed by atoms with van der Waals surface area (Å²) in [6.07, 6.45) is 1.63. The second-order valence-electron chi connectivity index (χ2n) is 5.53. The van der Waals surface area contributed by atoms with Crippen molar-refractivity contribution >= 4 is 33.2 Å². The van der Waals surface area contributed by atoms with Gasteiger partial charge in [-0.3, -0.25) is 4.79 Å². The highest BCUT2D eigenvalue weighted by atomic mass is 79.9. The monoisotopic (exact) mass is 347 g/mol. The maximum atomic E-state index is 12.5. The highest BCUT2D eigenvalue weighted by Gasteiger charge is 2.29. The second kappa shape index (κ2) is 5.85. The van der Waals surface area contributed by atoms with Crippen molar-refractivity contribution in [3.63, 3.8) is 0 Å². The largest absolute Gasteiger partial charge is 0.399 e. The lowest BCUT2D eigenvalue weighted by Crippen LogP contribution is -2.34. The molecule has 0 spiro atoms. The number of hydrogen-bond donors (Lipinski definition) is 2. The molecule has 2 aromatic rings. The first-order valence-electron chi connectivity index (χ1n) is 6.60. The molecule has 0 aliphatic rings. The third-order valence-electron chi connectivity index (χ3n) is 3.47. The summed E-state index contributed by atoms with van der Waals surface area (Å²) < 4.78 is 0.776. The van der Waals surface area contributed by atoms with E-state index in [0.717, 1.165) is 15.7 Å². The Bertz CT molecular complexity index is 666. The SMILES string of the molecule is Cc1cc(NC(=O)C(C)(C)c2ccc(N)cc2)cnc1Br. The van der Waals surface area contributed by atoms with Crippen LogP contribution in [0.3, 0.4) is 0 Å². The summed E-state index contributed by atoms with van der Waals surface area (Å²) >= 11 is 3.34. The molecule has 0 unspecified atom stereocenters. The van der Waals surface area contributed by atoms with Gasteiger partial charge in [-0.1, -0.05) is 12.1 Å². The predicted octanol–water partition coefficient (Wildman–Crippen LogP) is 3.65. The Morgan fingerprint density at radius 1 is 1.29 bits per heavy atom. The molecule has 0 saturated carbocycles. The fourth-order valence-electron chi connectivity index (χ4n) is 1.94. The fraction of sp³-hybridized carbons (Fsp3) is 0.250. The number of aryl methyl sites for hydroxylation is 1. The Morgan fingerprint density at radius 3 is 2.48 bits per heavy atom. The molecule has 1 aromatic heterocycles. The van der Waals surface area contributed by atoms with Crippen LogP contribution in [0.2, 0.25) is 0 Å². The van der Waals surface area contributed by atoms with E-state index in [1.165, 1.54) is 0 Å². The van der Waals surface area contributed by atoms with Crippen molar-refractivity contribution in [1.29, 1.82) is 0 Å². The number of halogens is 1. The Hall–Kier alpha value is -1.88. The van der Waals surface area contributed by atoms with Gasteiger partial charge in [0.2, 0.25) is 5.91 Å². The number of hydrogen-bond acceptors (Lipinski definition) is 3. The van der Waals surface area contributed by atoms with E-state index in [-0.39, 0.29) is 5.91 Å².